The molecular weight excluding hydrogens is 267 g/mol. The summed E-state index contributed by atoms with van der Waals surface area (Å²) in [5.41, 5.74) is -0.458. The summed E-state index contributed by atoms with van der Waals surface area (Å²) in [4.78, 5) is 15.7. The molecule has 1 aliphatic heterocycles. The Hall–Kier alpha value is -0.420. The number of nitrogens with zero attached hydrogens (tertiary/aromatic N) is 2. The first-order chi connectivity index (χ1) is 8.81. The Morgan fingerprint density at radius 1 is 1.32 bits per heavy atom. The molecule has 1 rings (SSSR count). The Morgan fingerprint density at radius 3 is 2.37 bits per heavy atom. The van der Waals surface area contributed by atoms with Gasteiger partial charge in [-0.25, -0.2) is 4.79 Å². The maximum Gasteiger partial charge on any atom is 0.410 e. The number of carbonyl (C=O) groups excluding carboxylic acids is 1. The third kappa shape index (κ3) is 6.52. The number of hydrogen-bond donors (Lipinski definition) is 1. The molecule has 0 spiro atoms. The molecule has 7 heteroatoms. The first kappa shape index (κ1) is 16.6. The molecule has 0 aliphatic carbocycles. The first-order valence-corrected chi connectivity index (χ1v) is 6.99. The van der Waals surface area contributed by atoms with Gasteiger partial charge in [-0.3, -0.25) is 4.90 Å². The lowest BCUT2D eigenvalue weighted by molar-refractivity contribution is 0.00773. The molecule has 1 amide bonds. The van der Waals surface area contributed by atoms with E-state index in [0.29, 0.717) is 26.2 Å². The van der Waals surface area contributed by atoms with Gasteiger partial charge in [0.1, 0.15) is 5.60 Å². The van der Waals surface area contributed by atoms with Crippen LogP contribution in [0.2, 0.25) is 0 Å². The highest BCUT2D eigenvalue weighted by Crippen LogP contribution is 2.12. The normalized spacial score (nSPS) is 19.3. The predicted molar refractivity (Wildman–Crippen MR) is 75.9 cm³/mol. The van der Waals surface area contributed by atoms with Gasteiger partial charge in [0, 0.05) is 42.2 Å². The smallest absolute Gasteiger partial charge is 0.410 e. The lowest BCUT2D eigenvalue weighted by atomic mass is 10.2. The van der Waals surface area contributed by atoms with Crippen LogP contribution in [0.1, 0.15) is 20.8 Å². The van der Waals surface area contributed by atoms with Crippen LogP contribution in [0.15, 0.2) is 0 Å². The molecule has 1 heterocycles. The van der Waals surface area contributed by atoms with Crippen molar-refractivity contribution in [2.45, 2.75) is 32.5 Å². The average molecular weight is 292 g/mol. The van der Waals surface area contributed by atoms with Crippen LogP contribution in [0.5, 0.6) is 0 Å². The maximum absolute atomic E-state index is 11.9. The van der Waals surface area contributed by atoms with Gasteiger partial charge in [0.05, 0.1) is 12.7 Å². The fourth-order valence-electron chi connectivity index (χ4n) is 1.90. The van der Waals surface area contributed by atoms with Crippen LogP contribution in [0.4, 0.5) is 4.79 Å². The van der Waals surface area contributed by atoms with E-state index in [1.54, 1.807) is 4.90 Å². The van der Waals surface area contributed by atoms with Crippen LogP contribution in [0, 0.1) is 0 Å². The second-order valence-electron chi connectivity index (χ2n) is 5.76. The molecule has 0 aromatic carbocycles. The van der Waals surface area contributed by atoms with E-state index < -0.39 is 11.7 Å². The molecule has 0 aromatic rings. The molecule has 0 saturated carbocycles. The molecule has 1 N–H and O–H groups in total. The molecule has 0 bridgehead atoms. The van der Waals surface area contributed by atoms with Gasteiger partial charge in [-0.2, -0.15) is 0 Å². The number of hydrogen-bond acceptors (Lipinski definition) is 5. The number of rotatable bonds is 4. The van der Waals surface area contributed by atoms with Crippen LogP contribution in [0.3, 0.4) is 0 Å². The average Bonchev–Trinajstić information content (AvgIpc) is 2.27. The summed E-state index contributed by atoms with van der Waals surface area (Å²) in [6.45, 7) is 9.20. The molecule has 0 radical (unpaired) electrons. The summed E-state index contributed by atoms with van der Waals surface area (Å²) in [5.74, 6) is 0. The molecule has 6 nitrogen and oxygen atoms in total. The van der Waals surface area contributed by atoms with Gasteiger partial charge in [-0.1, -0.05) is 0 Å². The van der Waals surface area contributed by atoms with Crippen molar-refractivity contribution in [3.05, 3.63) is 0 Å². The van der Waals surface area contributed by atoms with Crippen molar-refractivity contribution in [2.75, 3.05) is 39.3 Å². The summed E-state index contributed by atoms with van der Waals surface area (Å²) in [5, 5.41) is 9.64. The number of β-amino-alcohol motifs (C(OH)–C–C–N with tert-alkyl or cyclic N) is 1. The number of carbonyl (C=O) groups is 1. The van der Waals surface area contributed by atoms with Gasteiger partial charge >= 0.3 is 6.09 Å². The van der Waals surface area contributed by atoms with Crippen molar-refractivity contribution >= 4 is 15.6 Å². The lowest BCUT2D eigenvalue weighted by Crippen LogP contribution is -2.51. The summed E-state index contributed by atoms with van der Waals surface area (Å²) in [7, 11) is 2.13. The minimum absolute atomic E-state index is 0.263. The minimum Gasteiger partial charge on any atom is -0.444 e. The molecule has 0 aromatic heterocycles. The van der Waals surface area contributed by atoms with Gasteiger partial charge in [-0.05, 0) is 20.8 Å². The van der Waals surface area contributed by atoms with Gasteiger partial charge in [0.25, 0.3) is 0 Å². The lowest BCUT2D eigenvalue weighted by Gasteiger charge is -2.36. The number of piperazine rings is 1. The topological polar surface area (TPSA) is 62.2 Å². The third-order valence-electron chi connectivity index (χ3n) is 2.78. The van der Waals surface area contributed by atoms with Crippen molar-refractivity contribution in [3.63, 3.8) is 0 Å². The van der Waals surface area contributed by atoms with Crippen LogP contribution < -0.4 is 0 Å². The number of ether oxygens (including phenoxy) is 1. The van der Waals surface area contributed by atoms with Crippen LogP contribution in [-0.2, 0) is 9.26 Å². The van der Waals surface area contributed by atoms with Crippen molar-refractivity contribution in [1.82, 2.24) is 9.80 Å². The number of aliphatic hydroxyl groups is 1. The quantitative estimate of drug-likeness (QED) is 0.773. The highest BCUT2D eigenvalue weighted by molar-refractivity contribution is 7.09. The second-order valence-corrected chi connectivity index (χ2v) is 6.09. The SMILES string of the molecule is CC(C)(C)OC(=O)N1CCN(C[C@H](O)COP)CC1. The Kier molecular flexibility index (Phi) is 6.47. The Labute approximate surface area is 117 Å². The molecule has 112 valence electrons. The van der Waals surface area contributed by atoms with Crippen molar-refractivity contribution in [2.24, 2.45) is 0 Å². The summed E-state index contributed by atoms with van der Waals surface area (Å²) in [6, 6.07) is 0. The number of amides is 1. The van der Waals surface area contributed by atoms with E-state index >= 15 is 0 Å². The monoisotopic (exact) mass is 292 g/mol. The standard InChI is InChI=1S/C12H25N2O4P/c1-12(2,3)18-11(16)14-6-4-13(5-7-14)8-10(15)9-17-19/h10,15H,4-9,19H2,1-3H3/t10-/m0/s1. The Bertz CT molecular complexity index is 288. The van der Waals surface area contributed by atoms with Crippen LogP contribution >= 0.6 is 9.47 Å². The Balaban J connectivity index is 2.30. The summed E-state index contributed by atoms with van der Waals surface area (Å²) >= 11 is 0. The zero-order chi connectivity index (χ0) is 14.5. The van der Waals surface area contributed by atoms with Crippen molar-refractivity contribution in [1.29, 1.82) is 0 Å². The molecule has 19 heavy (non-hydrogen) atoms. The van der Waals surface area contributed by atoms with Crippen molar-refractivity contribution < 1.29 is 19.2 Å². The molecule has 1 unspecified atom stereocenters. The van der Waals surface area contributed by atoms with Gasteiger partial charge in [-0.15, -0.1) is 0 Å². The fourth-order valence-corrected chi connectivity index (χ4v) is 2.12. The van der Waals surface area contributed by atoms with E-state index in [-0.39, 0.29) is 6.09 Å². The zero-order valence-corrected chi connectivity index (χ0v) is 13.1. The Morgan fingerprint density at radius 2 is 1.89 bits per heavy atom. The largest absolute Gasteiger partial charge is 0.444 e. The van der Waals surface area contributed by atoms with E-state index in [4.69, 9.17) is 9.26 Å². The molecule has 1 saturated heterocycles. The fraction of sp³-hybridized carbons (Fsp3) is 0.917. The van der Waals surface area contributed by atoms with E-state index in [0.717, 1.165) is 13.1 Å². The zero-order valence-electron chi connectivity index (χ0n) is 12.0. The first-order valence-electron chi connectivity index (χ1n) is 6.52. The molecular formula is C12H25N2O4P. The minimum atomic E-state index is -0.495. The highest BCUT2D eigenvalue weighted by atomic mass is 31.0. The molecule has 1 aliphatic rings. The van der Waals surface area contributed by atoms with Crippen LogP contribution in [-0.4, -0.2) is 72.0 Å². The van der Waals surface area contributed by atoms with E-state index in [1.807, 2.05) is 20.8 Å². The van der Waals surface area contributed by atoms with Crippen molar-refractivity contribution in [3.8, 4) is 0 Å². The van der Waals surface area contributed by atoms with Crippen LogP contribution in [0.25, 0.3) is 0 Å². The van der Waals surface area contributed by atoms with Gasteiger partial charge in [0.15, 0.2) is 0 Å². The van der Waals surface area contributed by atoms with E-state index in [1.165, 1.54) is 0 Å². The highest BCUT2D eigenvalue weighted by Gasteiger charge is 2.26. The predicted octanol–water partition coefficient (Wildman–Crippen LogP) is 0.707. The van der Waals surface area contributed by atoms with E-state index in [2.05, 4.69) is 14.4 Å². The molecule has 1 fully saturated rings. The molecule has 2 atom stereocenters. The third-order valence-corrected chi connectivity index (χ3v) is 2.97. The maximum atomic E-state index is 11.9. The number of aliphatic hydroxyl groups excluding tert-OH is 1. The summed E-state index contributed by atoms with van der Waals surface area (Å²) in [6.07, 6.45) is -0.758. The summed E-state index contributed by atoms with van der Waals surface area (Å²) < 4.78 is 10.1. The van der Waals surface area contributed by atoms with Gasteiger partial charge in [0.2, 0.25) is 0 Å². The van der Waals surface area contributed by atoms with E-state index in [9.17, 15) is 9.90 Å². The van der Waals surface area contributed by atoms with Gasteiger partial charge < -0.3 is 19.3 Å². The second kappa shape index (κ2) is 7.39.